The molecule has 3 aromatic rings. The predicted octanol–water partition coefficient (Wildman–Crippen LogP) is 4.72. The Hall–Kier alpha value is -2.99. The number of nitrogens with zero attached hydrogens (tertiary/aromatic N) is 3. The van der Waals surface area contributed by atoms with E-state index in [0.29, 0.717) is 12.1 Å². The monoisotopic (exact) mass is 460 g/mol. The molecule has 2 aliphatic rings. The number of H-pyrrole nitrogens is 1. The largest absolute Gasteiger partial charge is 0.493 e. The Labute approximate surface area is 202 Å². The number of imidazole rings is 1. The van der Waals surface area contributed by atoms with Gasteiger partial charge in [-0.2, -0.15) is 0 Å². The van der Waals surface area contributed by atoms with Crippen LogP contribution < -0.4 is 14.4 Å². The second-order valence-electron chi connectivity index (χ2n) is 9.51. The number of rotatable bonds is 9. The van der Waals surface area contributed by atoms with E-state index in [2.05, 4.69) is 68.3 Å². The highest BCUT2D eigenvalue weighted by Crippen LogP contribution is 2.35. The highest BCUT2D eigenvalue weighted by atomic mass is 16.5. The summed E-state index contributed by atoms with van der Waals surface area (Å²) < 4.78 is 12.0. The van der Waals surface area contributed by atoms with Gasteiger partial charge in [0.15, 0.2) is 11.5 Å². The molecule has 2 heterocycles. The molecule has 1 saturated heterocycles. The average molecular weight is 461 g/mol. The number of hydrogen-bond acceptors (Lipinski definition) is 5. The minimum absolute atomic E-state index is 0.314. The van der Waals surface area contributed by atoms with E-state index in [1.807, 2.05) is 6.20 Å². The van der Waals surface area contributed by atoms with Gasteiger partial charge in [0.1, 0.15) is 0 Å². The molecule has 1 atom stereocenters. The number of hydrogen-bond donors (Lipinski definition) is 1. The Kier molecular flexibility index (Phi) is 7.34. The minimum Gasteiger partial charge on any atom is -0.493 e. The number of ether oxygens (including phenoxy) is 2. The van der Waals surface area contributed by atoms with Gasteiger partial charge in [-0.1, -0.05) is 30.3 Å². The fourth-order valence-corrected chi connectivity index (χ4v) is 5.33. The summed E-state index contributed by atoms with van der Waals surface area (Å²) in [6.45, 7) is 4.07. The summed E-state index contributed by atoms with van der Waals surface area (Å²) in [5, 5.41) is 0. The van der Waals surface area contributed by atoms with Crippen molar-refractivity contribution in [3.63, 3.8) is 0 Å². The van der Waals surface area contributed by atoms with E-state index in [0.717, 1.165) is 63.4 Å². The lowest BCUT2D eigenvalue weighted by Crippen LogP contribution is -2.54. The number of benzene rings is 2. The van der Waals surface area contributed by atoms with Crippen molar-refractivity contribution in [1.29, 1.82) is 0 Å². The first kappa shape index (κ1) is 22.8. The van der Waals surface area contributed by atoms with Crippen LogP contribution in [-0.2, 0) is 12.8 Å². The lowest BCUT2D eigenvalue weighted by Gasteiger charge is -2.43. The number of aromatic amines is 1. The van der Waals surface area contributed by atoms with E-state index in [1.165, 1.54) is 29.8 Å². The van der Waals surface area contributed by atoms with Gasteiger partial charge in [-0.05, 0) is 49.8 Å². The Morgan fingerprint density at radius 3 is 2.65 bits per heavy atom. The molecule has 5 rings (SSSR count). The SMILES string of the molecule is COc1ccc(N2CCN(CCc3cnc[nH]3)[C@@H](Cc3ccccc3)C2)cc1OC1CCCC1. The molecule has 180 valence electrons. The van der Waals surface area contributed by atoms with Crippen LogP contribution in [0.2, 0.25) is 0 Å². The third-order valence-corrected chi connectivity index (χ3v) is 7.25. The van der Waals surface area contributed by atoms with E-state index >= 15 is 0 Å². The highest BCUT2D eigenvalue weighted by molar-refractivity contribution is 5.57. The van der Waals surface area contributed by atoms with E-state index in [1.54, 1.807) is 13.4 Å². The van der Waals surface area contributed by atoms with Crippen molar-refractivity contribution < 1.29 is 9.47 Å². The smallest absolute Gasteiger partial charge is 0.163 e. The molecule has 34 heavy (non-hydrogen) atoms. The quantitative estimate of drug-likeness (QED) is 0.501. The number of piperazine rings is 1. The van der Waals surface area contributed by atoms with Gasteiger partial charge < -0.3 is 19.4 Å². The molecule has 2 aromatic carbocycles. The van der Waals surface area contributed by atoms with Crippen molar-refractivity contribution in [2.45, 2.75) is 50.7 Å². The molecule has 2 fully saturated rings. The van der Waals surface area contributed by atoms with Crippen LogP contribution in [0.4, 0.5) is 5.69 Å². The lowest BCUT2D eigenvalue weighted by molar-refractivity contribution is 0.176. The van der Waals surface area contributed by atoms with Gasteiger partial charge in [-0.15, -0.1) is 0 Å². The molecule has 0 radical (unpaired) electrons. The first-order valence-electron chi connectivity index (χ1n) is 12.6. The Morgan fingerprint density at radius 1 is 1.03 bits per heavy atom. The van der Waals surface area contributed by atoms with Crippen LogP contribution in [0, 0.1) is 0 Å². The fraction of sp³-hybridized carbons (Fsp3) is 0.464. The van der Waals surface area contributed by atoms with Crippen LogP contribution in [0.1, 0.15) is 36.9 Å². The van der Waals surface area contributed by atoms with Crippen LogP contribution in [0.3, 0.4) is 0 Å². The molecule has 0 bridgehead atoms. The van der Waals surface area contributed by atoms with Crippen molar-refractivity contribution in [2.24, 2.45) is 0 Å². The van der Waals surface area contributed by atoms with Gasteiger partial charge in [0.05, 0.1) is 19.5 Å². The van der Waals surface area contributed by atoms with Crippen molar-refractivity contribution in [2.75, 3.05) is 38.2 Å². The summed E-state index contributed by atoms with van der Waals surface area (Å²) in [6, 6.07) is 17.7. The van der Waals surface area contributed by atoms with Crippen LogP contribution >= 0.6 is 0 Å². The fourth-order valence-electron chi connectivity index (χ4n) is 5.33. The van der Waals surface area contributed by atoms with E-state index < -0.39 is 0 Å². The molecule has 1 saturated carbocycles. The minimum atomic E-state index is 0.314. The van der Waals surface area contributed by atoms with Gasteiger partial charge in [-0.3, -0.25) is 4.90 Å². The number of methoxy groups -OCH3 is 1. The zero-order valence-corrected chi connectivity index (χ0v) is 20.2. The number of nitrogens with one attached hydrogen (secondary N) is 1. The zero-order chi connectivity index (χ0) is 23.2. The van der Waals surface area contributed by atoms with E-state index in [-0.39, 0.29) is 0 Å². The number of aromatic nitrogens is 2. The normalized spacial score (nSPS) is 19.4. The average Bonchev–Trinajstić information content (AvgIpc) is 3.58. The highest BCUT2D eigenvalue weighted by Gasteiger charge is 2.28. The van der Waals surface area contributed by atoms with Gasteiger partial charge in [0.2, 0.25) is 0 Å². The molecule has 6 heteroatoms. The van der Waals surface area contributed by atoms with E-state index in [9.17, 15) is 0 Å². The third kappa shape index (κ3) is 5.55. The third-order valence-electron chi connectivity index (χ3n) is 7.25. The Morgan fingerprint density at radius 2 is 1.88 bits per heavy atom. The second kappa shape index (κ2) is 11.0. The van der Waals surface area contributed by atoms with Gasteiger partial charge >= 0.3 is 0 Å². The molecule has 0 spiro atoms. The summed E-state index contributed by atoms with van der Waals surface area (Å²) in [6.07, 6.45) is 10.9. The summed E-state index contributed by atoms with van der Waals surface area (Å²) in [5.41, 5.74) is 3.81. The molecule has 1 aliphatic carbocycles. The summed E-state index contributed by atoms with van der Waals surface area (Å²) in [7, 11) is 1.73. The maximum absolute atomic E-state index is 6.38. The molecule has 0 amide bonds. The topological polar surface area (TPSA) is 53.6 Å². The molecule has 0 unspecified atom stereocenters. The zero-order valence-electron chi connectivity index (χ0n) is 20.2. The molecular formula is C28H36N4O2. The number of anilines is 1. The maximum atomic E-state index is 6.38. The summed E-state index contributed by atoms with van der Waals surface area (Å²) in [4.78, 5) is 12.6. The summed E-state index contributed by atoms with van der Waals surface area (Å²) in [5.74, 6) is 1.71. The second-order valence-corrected chi connectivity index (χ2v) is 9.51. The standard InChI is InChI=1S/C28H36N4O2/c1-33-27-12-11-24(18-28(27)34-26-9-5-6-10-26)32-16-15-31(14-13-23-19-29-21-30-23)25(20-32)17-22-7-3-2-4-8-22/h2-4,7-8,11-12,18-19,21,25-26H,5-6,9-10,13-17,20H2,1H3,(H,29,30)/t25-/m0/s1. The van der Waals surface area contributed by atoms with Crippen LogP contribution in [0.5, 0.6) is 11.5 Å². The molecule has 1 aromatic heterocycles. The van der Waals surface area contributed by atoms with Crippen LogP contribution in [-0.4, -0.2) is 60.3 Å². The first-order valence-corrected chi connectivity index (χ1v) is 12.6. The van der Waals surface area contributed by atoms with Crippen molar-refractivity contribution >= 4 is 5.69 Å². The van der Waals surface area contributed by atoms with E-state index in [4.69, 9.17) is 9.47 Å². The van der Waals surface area contributed by atoms with Crippen molar-refractivity contribution in [3.8, 4) is 11.5 Å². The first-order chi connectivity index (χ1) is 16.8. The molecule has 1 N–H and O–H groups in total. The van der Waals surface area contributed by atoms with Gasteiger partial charge in [0, 0.05) is 62.3 Å². The molecule has 6 nitrogen and oxygen atoms in total. The van der Waals surface area contributed by atoms with Crippen molar-refractivity contribution in [1.82, 2.24) is 14.9 Å². The van der Waals surface area contributed by atoms with Crippen molar-refractivity contribution in [3.05, 3.63) is 72.3 Å². The predicted molar refractivity (Wildman–Crippen MR) is 136 cm³/mol. The maximum Gasteiger partial charge on any atom is 0.163 e. The lowest BCUT2D eigenvalue weighted by atomic mass is 10.0. The molecular weight excluding hydrogens is 424 g/mol. The van der Waals surface area contributed by atoms with Gasteiger partial charge in [0.25, 0.3) is 0 Å². The van der Waals surface area contributed by atoms with Crippen LogP contribution in [0.15, 0.2) is 61.1 Å². The Balaban J connectivity index is 1.32. The molecule has 1 aliphatic heterocycles. The Bertz CT molecular complexity index is 1020. The van der Waals surface area contributed by atoms with Crippen LogP contribution in [0.25, 0.3) is 0 Å². The summed E-state index contributed by atoms with van der Waals surface area (Å²) >= 11 is 0. The van der Waals surface area contributed by atoms with Gasteiger partial charge in [-0.25, -0.2) is 4.98 Å².